The van der Waals surface area contributed by atoms with Crippen molar-refractivity contribution in [3.05, 3.63) is 23.8 Å². The van der Waals surface area contributed by atoms with Crippen LogP contribution in [-0.4, -0.2) is 18.8 Å². The molecular formula is C10H15NO3S. The molecule has 0 aliphatic rings. The van der Waals surface area contributed by atoms with Crippen molar-refractivity contribution in [2.75, 3.05) is 4.72 Å². The molecule has 1 aromatic rings. The van der Waals surface area contributed by atoms with Gasteiger partial charge in [-0.1, -0.05) is 6.07 Å². The summed E-state index contributed by atoms with van der Waals surface area (Å²) in [5.74, 6) is -0.0563. The number of aryl methyl sites for hydroxylation is 1. The molecule has 0 aromatic heterocycles. The summed E-state index contributed by atoms with van der Waals surface area (Å²) in [5.41, 5.74) is 1.09. The summed E-state index contributed by atoms with van der Waals surface area (Å²) in [7, 11) is -3.40. The summed E-state index contributed by atoms with van der Waals surface area (Å²) in [5, 5.41) is 8.98. The number of hydrogen-bond donors (Lipinski definition) is 2. The highest BCUT2D eigenvalue weighted by Gasteiger charge is 2.16. The lowest BCUT2D eigenvalue weighted by atomic mass is 10.2. The van der Waals surface area contributed by atoms with Crippen molar-refractivity contribution in [1.29, 1.82) is 0 Å². The molecule has 1 rings (SSSR count). The normalized spacial score (nSPS) is 11.7. The van der Waals surface area contributed by atoms with Gasteiger partial charge in [-0.05, 0) is 38.5 Å². The monoisotopic (exact) mass is 229 g/mol. The first-order valence-electron chi connectivity index (χ1n) is 4.64. The smallest absolute Gasteiger partial charge is 0.235 e. The molecule has 0 radical (unpaired) electrons. The SMILES string of the molecule is Cc1ccc(NS(=O)(=O)C(C)C)c(O)c1. The average molecular weight is 229 g/mol. The molecule has 0 aliphatic carbocycles. The van der Waals surface area contributed by atoms with Crippen molar-refractivity contribution in [1.82, 2.24) is 0 Å². The van der Waals surface area contributed by atoms with Gasteiger partial charge in [0, 0.05) is 0 Å². The molecule has 0 bridgehead atoms. The van der Waals surface area contributed by atoms with E-state index in [1.54, 1.807) is 26.0 Å². The zero-order valence-electron chi connectivity index (χ0n) is 8.98. The fourth-order valence-electron chi connectivity index (χ4n) is 0.999. The van der Waals surface area contributed by atoms with E-state index in [9.17, 15) is 13.5 Å². The van der Waals surface area contributed by atoms with Crippen LogP contribution >= 0.6 is 0 Å². The number of nitrogens with one attached hydrogen (secondary N) is 1. The third-order valence-electron chi connectivity index (χ3n) is 2.03. The number of anilines is 1. The highest BCUT2D eigenvalue weighted by atomic mass is 32.2. The summed E-state index contributed by atoms with van der Waals surface area (Å²) < 4.78 is 25.4. The fourth-order valence-corrected chi connectivity index (χ4v) is 1.71. The van der Waals surface area contributed by atoms with Crippen LogP contribution in [0.2, 0.25) is 0 Å². The molecule has 0 amide bonds. The van der Waals surface area contributed by atoms with Crippen LogP contribution in [-0.2, 0) is 10.0 Å². The second kappa shape index (κ2) is 4.10. The van der Waals surface area contributed by atoms with E-state index in [4.69, 9.17) is 0 Å². The Morgan fingerprint density at radius 1 is 1.33 bits per heavy atom. The minimum absolute atomic E-state index is 0.0563. The quantitative estimate of drug-likeness (QED) is 0.777. The number of aromatic hydroxyl groups is 1. The van der Waals surface area contributed by atoms with Crippen LogP contribution in [0.5, 0.6) is 5.75 Å². The number of benzene rings is 1. The van der Waals surface area contributed by atoms with Gasteiger partial charge >= 0.3 is 0 Å². The maximum atomic E-state index is 11.5. The molecule has 84 valence electrons. The molecule has 0 atom stereocenters. The number of rotatable bonds is 3. The van der Waals surface area contributed by atoms with E-state index in [0.29, 0.717) is 0 Å². The molecule has 15 heavy (non-hydrogen) atoms. The Labute approximate surface area is 90.0 Å². The van der Waals surface area contributed by atoms with Crippen molar-refractivity contribution in [2.45, 2.75) is 26.0 Å². The third-order valence-corrected chi connectivity index (χ3v) is 3.77. The van der Waals surface area contributed by atoms with Gasteiger partial charge in [-0.3, -0.25) is 4.72 Å². The van der Waals surface area contributed by atoms with Crippen molar-refractivity contribution >= 4 is 15.7 Å². The zero-order valence-corrected chi connectivity index (χ0v) is 9.80. The van der Waals surface area contributed by atoms with Crippen LogP contribution in [0, 0.1) is 6.92 Å². The Hall–Kier alpha value is -1.23. The van der Waals surface area contributed by atoms with E-state index in [1.807, 2.05) is 6.92 Å². The van der Waals surface area contributed by atoms with Gasteiger partial charge in [0.15, 0.2) is 0 Å². The molecule has 1 aromatic carbocycles. The van der Waals surface area contributed by atoms with E-state index in [1.165, 1.54) is 6.07 Å². The lowest BCUT2D eigenvalue weighted by molar-refractivity contribution is 0.477. The molecule has 5 heteroatoms. The standard InChI is InChI=1S/C10H15NO3S/c1-7(2)15(13,14)11-9-5-4-8(3)6-10(9)12/h4-7,11-12H,1-3H3. The topological polar surface area (TPSA) is 66.4 Å². The maximum absolute atomic E-state index is 11.5. The number of phenolic OH excluding ortho intramolecular Hbond substituents is 1. The van der Waals surface area contributed by atoms with Crippen LogP contribution in [0.4, 0.5) is 5.69 Å². The predicted octanol–water partition coefficient (Wildman–Crippen LogP) is 1.85. The molecule has 0 saturated heterocycles. The number of sulfonamides is 1. The summed E-state index contributed by atoms with van der Waals surface area (Å²) in [4.78, 5) is 0. The highest BCUT2D eigenvalue weighted by molar-refractivity contribution is 7.93. The van der Waals surface area contributed by atoms with Crippen LogP contribution in [0.1, 0.15) is 19.4 Å². The molecule has 0 unspecified atom stereocenters. The molecule has 4 nitrogen and oxygen atoms in total. The predicted molar refractivity (Wildman–Crippen MR) is 60.5 cm³/mol. The van der Waals surface area contributed by atoms with Crippen molar-refractivity contribution in [2.24, 2.45) is 0 Å². The average Bonchev–Trinajstić information content (AvgIpc) is 2.09. The van der Waals surface area contributed by atoms with E-state index in [0.717, 1.165) is 5.56 Å². The van der Waals surface area contributed by atoms with Gasteiger partial charge < -0.3 is 5.11 Å². The molecule has 0 fully saturated rings. The summed E-state index contributed by atoms with van der Waals surface area (Å²) in [6.45, 7) is 4.97. The van der Waals surface area contributed by atoms with Crippen LogP contribution in [0.25, 0.3) is 0 Å². The lowest BCUT2D eigenvalue weighted by Crippen LogP contribution is -2.22. The van der Waals surface area contributed by atoms with Crippen LogP contribution < -0.4 is 4.72 Å². The van der Waals surface area contributed by atoms with Crippen LogP contribution in [0.3, 0.4) is 0 Å². The molecular weight excluding hydrogens is 214 g/mol. The molecule has 0 aliphatic heterocycles. The van der Waals surface area contributed by atoms with Crippen molar-refractivity contribution in [3.8, 4) is 5.75 Å². The van der Waals surface area contributed by atoms with E-state index in [-0.39, 0.29) is 11.4 Å². The Bertz CT molecular complexity index is 452. The number of phenols is 1. The Morgan fingerprint density at radius 2 is 1.93 bits per heavy atom. The minimum atomic E-state index is -3.40. The largest absolute Gasteiger partial charge is 0.506 e. The van der Waals surface area contributed by atoms with E-state index in [2.05, 4.69) is 4.72 Å². The zero-order chi connectivity index (χ0) is 11.6. The van der Waals surface area contributed by atoms with E-state index < -0.39 is 15.3 Å². The van der Waals surface area contributed by atoms with Gasteiger partial charge in [-0.25, -0.2) is 8.42 Å². The van der Waals surface area contributed by atoms with Gasteiger partial charge in [0.05, 0.1) is 10.9 Å². The van der Waals surface area contributed by atoms with Crippen LogP contribution in [0.15, 0.2) is 18.2 Å². The first-order chi connectivity index (χ1) is 6.83. The Kier molecular flexibility index (Phi) is 3.24. The van der Waals surface area contributed by atoms with Gasteiger partial charge in [-0.15, -0.1) is 0 Å². The Morgan fingerprint density at radius 3 is 2.40 bits per heavy atom. The lowest BCUT2D eigenvalue weighted by Gasteiger charge is -2.12. The summed E-state index contributed by atoms with van der Waals surface area (Å²) in [6.07, 6.45) is 0. The third kappa shape index (κ3) is 2.86. The molecule has 0 heterocycles. The van der Waals surface area contributed by atoms with Gasteiger partial charge in [-0.2, -0.15) is 0 Å². The highest BCUT2D eigenvalue weighted by Crippen LogP contribution is 2.25. The maximum Gasteiger partial charge on any atom is 0.235 e. The van der Waals surface area contributed by atoms with Gasteiger partial charge in [0.1, 0.15) is 5.75 Å². The number of hydrogen-bond acceptors (Lipinski definition) is 3. The second-order valence-corrected chi connectivity index (χ2v) is 5.95. The Balaban J connectivity index is 3.01. The van der Waals surface area contributed by atoms with Gasteiger partial charge in [0.2, 0.25) is 10.0 Å². The minimum Gasteiger partial charge on any atom is -0.506 e. The molecule has 0 saturated carbocycles. The molecule has 0 spiro atoms. The molecule has 2 N–H and O–H groups in total. The summed E-state index contributed by atoms with van der Waals surface area (Å²) in [6, 6.07) is 4.79. The first-order valence-corrected chi connectivity index (χ1v) is 6.19. The summed E-state index contributed by atoms with van der Waals surface area (Å²) >= 11 is 0. The van der Waals surface area contributed by atoms with Crippen molar-refractivity contribution in [3.63, 3.8) is 0 Å². The first kappa shape index (κ1) is 11.8. The van der Waals surface area contributed by atoms with Crippen molar-refractivity contribution < 1.29 is 13.5 Å². The fraction of sp³-hybridized carbons (Fsp3) is 0.400. The van der Waals surface area contributed by atoms with E-state index >= 15 is 0 Å². The van der Waals surface area contributed by atoms with Gasteiger partial charge in [0.25, 0.3) is 0 Å². The second-order valence-electron chi connectivity index (χ2n) is 3.72.